The van der Waals surface area contributed by atoms with Crippen molar-refractivity contribution in [3.63, 3.8) is 0 Å². The SMILES string of the molecule is CC(=O)NC[C@H]1CN(c2ccc(N3CCN(C(=S)c4cnccn4)CC3)nc2)C(=O)O1. The number of aromatic nitrogens is 3. The predicted molar refractivity (Wildman–Crippen MR) is 118 cm³/mol. The second kappa shape index (κ2) is 9.21. The Hall–Kier alpha value is -3.34. The van der Waals surface area contributed by atoms with Crippen LogP contribution < -0.4 is 15.1 Å². The molecule has 0 bridgehead atoms. The number of carbonyl (C=O) groups is 2. The molecule has 0 aromatic carbocycles. The Kier molecular flexibility index (Phi) is 6.21. The third-order valence-electron chi connectivity index (χ3n) is 5.17. The first-order valence-electron chi connectivity index (χ1n) is 10.00. The van der Waals surface area contributed by atoms with E-state index >= 15 is 0 Å². The summed E-state index contributed by atoms with van der Waals surface area (Å²) in [5.41, 5.74) is 1.38. The number of amides is 2. The van der Waals surface area contributed by atoms with Crippen LogP contribution in [0.5, 0.6) is 0 Å². The van der Waals surface area contributed by atoms with E-state index < -0.39 is 6.09 Å². The van der Waals surface area contributed by atoms with E-state index in [-0.39, 0.29) is 12.0 Å². The van der Waals surface area contributed by atoms with E-state index in [2.05, 4.69) is 30.1 Å². The van der Waals surface area contributed by atoms with Gasteiger partial charge in [0, 0.05) is 45.5 Å². The van der Waals surface area contributed by atoms with Gasteiger partial charge in [-0.25, -0.2) is 9.78 Å². The van der Waals surface area contributed by atoms with E-state index in [1.807, 2.05) is 12.1 Å². The summed E-state index contributed by atoms with van der Waals surface area (Å²) in [6.07, 6.45) is 5.82. The van der Waals surface area contributed by atoms with Gasteiger partial charge in [0.05, 0.1) is 31.2 Å². The Labute approximate surface area is 185 Å². The summed E-state index contributed by atoms with van der Waals surface area (Å²) >= 11 is 5.54. The summed E-state index contributed by atoms with van der Waals surface area (Å²) in [6.45, 7) is 5.18. The fraction of sp³-hybridized carbons (Fsp3) is 0.400. The van der Waals surface area contributed by atoms with E-state index in [0.29, 0.717) is 29.5 Å². The quantitative estimate of drug-likeness (QED) is 0.676. The molecular formula is C20H23N7O3S. The van der Waals surface area contributed by atoms with Gasteiger partial charge in [-0.15, -0.1) is 0 Å². The van der Waals surface area contributed by atoms with Gasteiger partial charge < -0.3 is 19.9 Å². The maximum absolute atomic E-state index is 12.2. The first-order valence-corrected chi connectivity index (χ1v) is 10.4. The summed E-state index contributed by atoms with van der Waals surface area (Å²) in [4.78, 5) is 42.7. The molecule has 31 heavy (non-hydrogen) atoms. The molecule has 0 spiro atoms. The molecule has 4 heterocycles. The van der Waals surface area contributed by atoms with Crippen molar-refractivity contribution in [2.45, 2.75) is 13.0 Å². The van der Waals surface area contributed by atoms with Crippen LogP contribution in [0.2, 0.25) is 0 Å². The molecule has 2 aromatic rings. The second-order valence-corrected chi connectivity index (χ2v) is 7.68. The molecule has 10 nitrogen and oxygen atoms in total. The number of ether oxygens (including phenoxy) is 1. The standard InChI is InChI=1S/C20H23N7O3S/c1-14(28)23-11-16-13-27(20(29)30-16)15-2-3-18(24-10-15)25-6-8-26(9-7-25)19(31)17-12-21-4-5-22-17/h2-5,10,12,16H,6-9,11,13H2,1H3,(H,23,28)/t16-/m0/s1. The molecule has 2 amide bonds. The zero-order valence-electron chi connectivity index (χ0n) is 17.1. The fourth-order valence-electron chi connectivity index (χ4n) is 3.53. The highest BCUT2D eigenvalue weighted by atomic mass is 32.1. The number of carbonyl (C=O) groups excluding carboxylic acids is 2. The molecule has 2 fully saturated rings. The van der Waals surface area contributed by atoms with Gasteiger partial charge in [0.2, 0.25) is 5.91 Å². The minimum Gasteiger partial charge on any atom is -0.442 e. The normalized spacial score (nSPS) is 18.7. The van der Waals surface area contributed by atoms with Crippen LogP contribution in [0.15, 0.2) is 36.9 Å². The van der Waals surface area contributed by atoms with Crippen molar-refractivity contribution < 1.29 is 14.3 Å². The molecular weight excluding hydrogens is 418 g/mol. The van der Waals surface area contributed by atoms with Gasteiger partial charge in [-0.3, -0.25) is 19.7 Å². The van der Waals surface area contributed by atoms with Crippen molar-refractivity contribution in [1.82, 2.24) is 25.2 Å². The maximum Gasteiger partial charge on any atom is 0.414 e. The maximum atomic E-state index is 12.2. The molecule has 162 valence electrons. The fourth-order valence-corrected chi connectivity index (χ4v) is 3.82. The molecule has 0 aliphatic carbocycles. The van der Waals surface area contributed by atoms with Crippen LogP contribution in [0, 0.1) is 0 Å². The van der Waals surface area contributed by atoms with Crippen molar-refractivity contribution >= 4 is 40.7 Å². The number of nitrogens with one attached hydrogen (secondary N) is 1. The van der Waals surface area contributed by atoms with Crippen molar-refractivity contribution in [3.8, 4) is 0 Å². The molecule has 1 atom stereocenters. The molecule has 11 heteroatoms. The Morgan fingerprint density at radius 1 is 1.19 bits per heavy atom. The van der Waals surface area contributed by atoms with Crippen LogP contribution in [0.3, 0.4) is 0 Å². The zero-order valence-corrected chi connectivity index (χ0v) is 17.9. The summed E-state index contributed by atoms with van der Waals surface area (Å²) < 4.78 is 5.30. The van der Waals surface area contributed by atoms with Crippen LogP contribution >= 0.6 is 12.2 Å². The van der Waals surface area contributed by atoms with Crippen molar-refractivity contribution in [2.75, 3.05) is 49.1 Å². The van der Waals surface area contributed by atoms with Crippen LogP contribution in [-0.4, -0.2) is 82.2 Å². The lowest BCUT2D eigenvalue weighted by molar-refractivity contribution is -0.119. The van der Waals surface area contributed by atoms with Gasteiger partial charge >= 0.3 is 6.09 Å². The average molecular weight is 442 g/mol. The highest BCUT2D eigenvalue weighted by Gasteiger charge is 2.32. The largest absolute Gasteiger partial charge is 0.442 e. The van der Waals surface area contributed by atoms with Crippen molar-refractivity contribution in [1.29, 1.82) is 0 Å². The molecule has 2 aromatic heterocycles. The number of anilines is 2. The number of thiocarbonyl (C=S) groups is 1. The molecule has 2 saturated heterocycles. The summed E-state index contributed by atoms with van der Waals surface area (Å²) in [7, 11) is 0. The number of piperazine rings is 1. The third kappa shape index (κ3) is 4.88. The van der Waals surface area contributed by atoms with E-state index in [1.54, 1.807) is 24.8 Å². The highest BCUT2D eigenvalue weighted by Crippen LogP contribution is 2.23. The number of cyclic esters (lactones) is 1. The molecule has 0 unspecified atom stereocenters. The van der Waals surface area contributed by atoms with Crippen LogP contribution in [0.25, 0.3) is 0 Å². The minimum absolute atomic E-state index is 0.155. The van der Waals surface area contributed by atoms with Crippen LogP contribution in [0.1, 0.15) is 12.6 Å². The molecule has 1 N–H and O–H groups in total. The summed E-state index contributed by atoms with van der Waals surface area (Å²) in [5, 5.41) is 2.67. The molecule has 0 saturated carbocycles. The monoisotopic (exact) mass is 441 g/mol. The van der Waals surface area contributed by atoms with E-state index in [1.165, 1.54) is 11.8 Å². The van der Waals surface area contributed by atoms with Gasteiger partial charge in [-0.1, -0.05) is 12.2 Å². The number of pyridine rings is 1. The van der Waals surface area contributed by atoms with Gasteiger partial charge in [0.25, 0.3) is 0 Å². The third-order valence-corrected chi connectivity index (χ3v) is 5.64. The smallest absolute Gasteiger partial charge is 0.414 e. The molecule has 2 aliphatic rings. The Balaban J connectivity index is 1.32. The lowest BCUT2D eigenvalue weighted by Gasteiger charge is -2.36. The zero-order chi connectivity index (χ0) is 21.8. The number of hydrogen-bond acceptors (Lipinski definition) is 8. The Morgan fingerprint density at radius 2 is 2.00 bits per heavy atom. The van der Waals surface area contributed by atoms with Gasteiger partial charge in [-0.2, -0.15) is 0 Å². The first kappa shape index (κ1) is 20.9. The first-order chi connectivity index (χ1) is 15.0. The van der Waals surface area contributed by atoms with Gasteiger partial charge in [-0.05, 0) is 12.1 Å². The number of hydrogen-bond donors (Lipinski definition) is 1. The predicted octanol–water partition coefficient (Wildman–Crippen LogP) is 0.831. The van der Waals surface area contributed by atoms with E-state index in [9.17, 15) is 9.59 Å². The number of rotatable bonds is 5. The lowest BCUT2D eigenvalue weighted by atomic mass is 10.2. The average Bonchev–Trinajstić information content (AvgIpc) is 3.18. The molecule has 4 rings (SSSR count). The van der Waals surface area contributed by atoms with Crippen molar-refractivity contribution in [2.24, 2.45) is 0 Å². The van der Waals surface area contributed by atoms with Crippen LogP contribution in [-0.2, 0) is 9.53 Å². The molecule has 0 radical (unpaired) electrons. The summed E-state index contributed by atoms with van der Waals surface area (Å²) in [5.74, 6) is 0.689. The Morgan fingerprint density at radius 3 is 2.65 bits per heavy atom. The number of nitrogens with zero attached hydrogens (tertiary/aromatic N) is 6. The highest BCUT2D eigenvalue weighted by molar-refractivity contribution is 7.80. The van der Waals surface area contributed by atoms with E-state index in [4.69, 9.17) is 17.0 Å². The Bertz CT molecular complexity index is 949. The van der Waals surface area contributed by atoms with Gasteiger partial charge in [0.15, 0.2) is 0 Å². The van der Waals surface area contributed by atoms with Crippen LogP contribution in [0.4, 0.5) is 16.3 Å². The van der Waals surface area contributed by atoms with E-state index in [0.717, 1.165) is 32.0 Å². The second-order valence-electron chi connectivity index (χ2n) is 7.30. The molecule has 2 aliphatic heterocycles. The van der Waals surface area contributed by atoms with Gasteiger partial charge in [0.1, 0.15) is 22.6 Å². The van der Waals surface area contributed by atoms with Crippen molar-refractivity contribution in [3.05, 3.63) is 42.6 Å². The lowest BCUT2D eigenvalue weighted by Crippen LogP contribution is -2.48. The minimum atomic E-state index is -0.434. The topological polar surface area (TPSA) is 104 Å². The summed E-state index contributed by atoms with van der Waals surface area (Å²) in [6, 6.07) is 3.77.